The van der Waals surface area contributed by atoms with Crippen LogP contribution in [-0.4, -0.2) is 38.1 Å². The Bertz CT molecular complexity index is 730. The molecule has 4 nitrogen and oxygen atoms in total. The van der Waals surface area contributed by atoms with Crippen LogP contribution >= 0.6 is 0 Å². The lowest BCUT2D eigenvalue weighted by molar-refractivity contribution is -0.0995. The zero-order chi connectivity index (χ0) is 23.2. The first-order chi connectivity index (χ1) is 17.3. The minimum atomic E-state index is 0.402. The van der Waals surface area contributed by atoms with Gasteiger partial charge in [0.15, 0.2) is 5.76 Å². The minimum Gasteiger partial charge on any atom is -0.494 e. The van der Waals surface area contributed by atoms with Crippen molar-refractivity contribution in [1.29, 1.82) is 0 Å². The summed E-state index contributed by atoms with van der Waals surface area (Å²) in [5.74, 6) is 7.01. The molecule has 5 atom stereocenters. The average Bonchev–Trinajstić information content (AvgIpc) is 3.85. The van der Waals surface area contributed by atoms with Crippen LogP contribution in [-0.2, 0) is 18.9 Å². The van der Waals surface area contributed by atoms with Crippen LogP contribution in [0.15, 0.2) is 12.0 Å². The summed E-state index contributed by atoms with van der Waals surface area (Å²) in [4.78, 5) is 0. The predicted molar refractivity (Wildman–Crippen MR) is 136 cm³/mol. The maximum absolute atomic E-state index is 6.32. The van der Waals surface area contributed by atoms with Gasteiger partial charge in [0.2, 0.25) is 0 Å². The molecule has 5 saturated carbocycles. The van der Waals surface area contributed by atoms with Gasteiger partial charge in [-0.25, -0.2) is 0 Å². The molecule has 0 N–H and O–H groups in total. The lowest BCUT2D eigenvalue weighted by atomic mass is 9.48. The molecule has 4 heteroatoms. The Morgan fingerprint density at radius 1 is 0.714 bits per heavy atom. The van der Waals surface area contributed by atoms with E-state index in [-0.39, 0.29) is 0 Å². The quantitative estimate of drug-likeness (QED) is 0.288. The van der Waals surface area contributed by atoms with Crippen molar-refractivity contribution in [3.05, 3.63) is 12.0 Å². The number of rotatable bonds is 7. The summed E-state index contributed by atoms with van der Waals surface area (Å²) in [7, 11) is 0. The van der Waals surface area contributed by atoms with Gasteiger partial charge in [0, 0.05) is 0 Å². The molecule has 0 aromatic carbocycles. The van der Waals surface area contributed by atoms with Gasteiger partial charge in [-0.15, -0.1) is 0 Å². The van der Waals surface area contributed by atoms with Gasteiger partial charge >= 0.3 is 0 Å². The van der Waals surface area contributed by atoms with Crippen LogP contribution in [0.5, 0.6) is 0 Å². The van der Waals surface area contributed by atoms with E-state index in [1.165, 1.54) is 89.9 Å². The Hall–Kier alpha value is -0.740. The molecule has 5 aliphatic carbocycles. The third-order valence-corrected chi connectivity index (χ3v) is 11.9. The van der Waals surface area contributed by atoms with Crippen molar-refractivity contribution in [2.75, 3.05) is 19.8 Å². The molecule has 196 valence electrons. The highest BCUT2D eigenvalue weighted by atomic mass is 16.6. The van der Waals surface area contributed by atoms with E-state index in [2.05, 4.69) is 0 Å². The zero-order valence-corrected chi connectivity index (χ0v) is 21.8. The Balaban J connectivity index is 1.13. The van der Waals surface area contributed by atoms with E-state index >= 15 is 0 Å². The fourth-order valence-electron chi connectivity index (χ4n) is 10.5. The summed E-state index contributed by atoms with van der Waals surface area (Å²) < 4.78 is 23.2. The van der Waals surface area contributed by atoms with Crippen LogP contribution in [0.25, 0.3) is 0 Å². The van der Waals surface area contributed by atoms with Gasteiger partial charge in [0.05, 0.1) is 25.4 Å². The number of fused-ring (bicyclic) bond motifs is 3. The molecule has 2 saturated heterocycles. The number of hydrogen-bond donors (Lipinski definition) is 0. The summed E-state index contributed by atoms with van der Waals surface area (Å²) >= 11 is 0. The normalized spacial score (nSPS) is 50.2. The van der Waals surface area contributed by atoms with Gasteiger partial charge in [-0.2, -0.15) is 0 Å². The SMILES string of the molecule is C(/OC1CCC(C2(C3CCC(OCC4CO4)CC3)C3CCCCC3C3CCCCC32)CC1)=C1/CO1. The first-order valence-corrected chi connectivity index (χ1v) is 15.5. The maximum atomic E-state index is 6.32. The molecular weight excluding hydrogens is 436 g/mol. The van der Waals surface area contributed by atoms with Crippen LogP contribution in [0.2, 0.25) is 0 Å². The average molecular weight is 485 g/mol. The number of ether oxygens (including phenoxy) is 4. The van der Waals surface area contributed by atoms with Crippen LogP contribution in [0.4, 0.5) is 0 Å². The van der Waals surface area contributed by atoms with Crippen LogP contribution in [0, 0.1) is 40.9 Å². The third-order valence-electron chi connectivity index (χ3n) is 11.9. The predicted octanol–water partition coefficient (Wildman–Crippen LogP) is 7.02. The van der Waals surface area contributed by atoms with Crippen molar-refractivity contribution in [3.63, 3.8) is 0 Å². The van der Waals surface area contributed by atoms with Crippen molar-refractivity contribution in [1.82, 2.24) is 0 Å². The second kappa shape index (κ2) is 9.86. The van der Waals surface area contributed by atoms with E-state index in [0.717, 1.165) is 61.1 Å². The van der Waals surface area contributed by atoms with E-state index in [1.54, 1.807) is 12.8 Å². The minimum absolute atomic E-state index is 0.402. The Morgan fingerprint density at radius 2 is 1.26 bits per heavy atom. The Morgan fingerprint density at radius 3 is 1.80 bits per heavy atom. The largest absolute Gasteiger partial charge is 0.494 e. The van der Waals surface area contributed by atoms with E-state index in [0.29, 0.717) is 23.7 Å². The van der Waals surface area contributed by atoms with Crippen molar-refractivity contribution in [3.8, 4) is 0 Å². The summed E-state index contributed by atoms with van der Waals surface area (Å²) in [6.07, 6.45) is 26.1. The molecule has 0 aromatic rings. The lowest BCUT2D eigenvalue weighted by Gasteiger charge is -2.57. The van der Waals surface area contributed by atoms with Crippen LogP contribution in [0.1, 0.15) is 103 Å². The van der Waals surface area contributed by atoms with E-state index in [4.69, 9.17) is 18.9 Å². The molecule has 0 bridgehead atoms. The van der Waals surface area contributed by atoms with Crippen LogP contribution in [0.3, 0.4) is 0 Å². The van der Waals surface area contributed by atoms with Crippen LogP contribution < -0.4 is 0 Å². The van der Waals surface area contributed by atoms with E-state index in [1.807, 2.05) is 6.26 Å². The van der Waals surface area contributed by atoms with Crippen molar-refractivity contribution < 1.29 is 18.9 Å². The molecule has 0 aromatic heterocycles. The van der Waals surface area contributed by atoms with Gasteiger partial charge in [0.25, 0.3) is 0 Å². The molecular formula is C31H48O4. The molecule has 7 aliphatic rings. The number of hydrogen-bond acceptors (Lipinski definition) is 4. The zero-order valence-electron chi connectivity index (χ0n) is 21.8. The van der Waals surface area contributed by atoms with Crippen molar-refractivity contribution in [2.45, 2.75) is 121 Å². The molecule has 7 fully saturated rings. The first kappa shape index (κ1) is 23.4. The second-order valence-corrected chi connectivity index (χ2v) is 13.4. The van der Waals surface area contributed by atoms with Gasteiger partial charge in [-0.1, -0.05) is 25.7 Å². The fourth-order valence-corrected chi connectivity index (χ4v) is 10.5. The summed E-state index contributed by atoms with van der Waals surface area (Å²) in [6, 6.07) is 0. The first-order valence-electron chi connectivity index (χ1n) is 15.5. The standard InChI is InChI=1S/C31H48O4/c1-3-7-29-27(5-1)28-6-2-4-8-30(28)31(29,21-9-13-23(14-10-21)32-17-25-19-34-25)22-11-15-24(16-12-22)33-18-26-20-35-26/h17,21-24,26-30H,1-16,18-20H2/b25-17+. The number of epoxide rings is 2. The third kappa shape index (κ3) is 4.47. The molecule has 35 heavy (non-hydrogen) atoms. The van der Waals surface area contributed by atoms with Gasteiger partial charge < -0.3 is 18.9 Å². The van der Waals surface area contributed by atoms with Gasteiger partial charge in [0.1, 0.15) is 19.0 Å². The molecule has 0 spiro atoms. The molecule has 0 radical (unpaired) electrons. The van der Waals surface area contributed by atoms with Crippen molar-refractivity contribution in [2.24, 2.45) is 40.9 Å². The highest BCUT2D eigenvalue weighted by Gasteiger charge is 2.65. The van der Waals surface area contributed by atoms with E-state index < -0.39 is 0 Å². The van der Waals surface area contributed by atoms with Crippen molar-refractivity contribution >= 4 is 0 Å². The molecule has 5 unspecified atom stereocenters. The topological polar surface area (TPSA) is 43.5 Å². The highest BCUT2D eigenvalue weighted by molar-refractivity contribution is 5.13. The summed E-state index contributed by atoms with van der Waals surface area (Å²) in [5, 5.41) is 0. The van der Waals surface area contributed by atoms with Gasteiger partial charge in [-0.05, 0) is 118 Å². The van der Waals surface area contributed by atoms with E-state index in [9.17, 15) is 0 Å². The maximum Gasteiger partial charge on any atom is 0.168 e. The lowest BCUT2D eigenvalue weighted by Crippen LogP contribution is -2.50. The summed E-state index contributed by atoms with van der Waals surface area (Å²) in [5.41, 5.74) is 0.615. The molecule has 0 amide bonds. The molecule has 7 rings (SSSR count). The smallest absolute Gasteiger partial charge is 0.168 e. The fraction of sp³-hybridized carbons (Fsp3) is 0.935. The highest BCUT2D eigenvalue weighted by Crippen LogP contribution is 2.71. The monoisotopic (exact) mass is 484 g/mol. The Labute approximate surface area is 212 Å². The molecule has 2 aliphatic heterocycles. The van der Waals surface area contributed by atoms with Gasteiger partial charge in [-0.3, -0.25) is 0 Å². The molecule has 2 heterocycles. The Kier molecular flexibility index (Phi) is 6.58. The second-order valence-electron chi connectivity index (χ2n) is 13.4. The summed E-state index contributed by atoms with van der Waals surface area (Å²) in [6.45, 7) is 2.53.